The van der Waals surface area contributed by atoms with Gasteiger partial charge in [-0.3, -0.25) is 18.6 Å². The molecule has 0 aromatic rings. The molecule has 10 heteroatoms. The summed E-state index contributed by atoms with van der Waals surface area (Å²) in [6.45, 7) is 3.59. The zero-order valence-electron chi connectivity index (χ0n) is 45.6. The molecule has 0 aromatic heterocycles. The van der Waals surface area contributed by atoms with Crippen LogP contribution in [0.15, 0.2) is 122 Å². The summed E-state index contributed by atoms with van der Waals surface area (Å²) in [5.74, 6) is -0.851. The number of hydrogen-bond donors (Lipinski definition) is 2. The number of nitrogens with two attached hydrogens (primary N) is 1. The molecule has 0 aliphatic carbocycles. The number of rotatable bonds is 52. The second kappa shape index (κ2) is 56.7. The van der Waals surface area contributed by atoms with Crippen molar-refractivity contribution in [2.75, 3.05) is 26.4 Å². The molecule has 0 rings (SSSR count). The van der Waals surface area contributed by atoms with E-state index in [1.54, 1.807) is 0 Å². The van der Waals surface area contributed by atoms with E-state index in [2.05, 4.69) is 135 Å². The van der Waals surface area contributed by atoms with Gasteiger partial charge in [0.15, 0.2) is 6.10 Å². The topological polar surface area (TPSA) is 134 Å². The molecule has 0 radical (unpaired) electrons. The van der Waals surface area contributed by atoms with Gasteiger partial charge in [0.2, 0.25) is 0 Å². The minimum atomic E-state index is -4.39. The van der Waals surface area contributed by atoms with Gasteiger partial charge in [-0.1, -0.05) is 225 Å². The first kappa shape index (κ1) is 68.4. The fourth-order valence-corrected chi connectivity index (χ4v) is 8.15. The Hall–Kier alpha value is -3.59. The number of unbranched alkanes of at least 4 members (excludes halogenated alkanes) is 19. The standard InChI is InChI=1S/C62H104NO8P/c1-3-5-7-9-11-13-15-17-19-20-21-22-23-24-25-26-27-28-29-30-31-32-33-34-35-36-37-38-39-40-41-43-45-47-49-51-53-55-62(65)71-60(59-70-72(66,67)69-57-56-63)58-68-61(64)54-52-50-48-46-44-42-18-16-14-12-10-8-6-4-2/h5,7,11,13,16-19,21-22,24-25,27-28,30-31,33-34,36-37,60H,3-4,6,8-10,12,14-15,20,23,26,29,32,35,38-59,63H2,1-2H3,(H,66,67)/b7-5-,13-11-,18-16-,19-17-,22-21-,25-24-,28-27-,31-30-,34-33-,37-36-. The molecule has 0 bridgehead atoms. The third kappa shape index (κ3) is 55.7. The monoisotopic (exact) mass is 1020 g/mol. The first-order valence-corrected chi connectivity index (χ1v) is 30.0. The van der Waals surface area contributed by atoms with E-state index < -0.39 is 32.5 Å². The van der Waals surface area contributed by atoms with Crippen LogP contribution in [0.2, 0.25) is 0 Å². The van der Waals surface area contributed by atoms with Crippen LogP contribution in [-0.4, -0.2) is 49.3 Å². The Bertz CT molecular complexity index is 1590. The summed E-state index contributed by atoms with van der Waals surface area (Å²) < 4.78 is 32.9. The molecule has 0 saturated carbocycles. The smallest absolute Gasteiger partial charge is 0.462 e. The molecule has 0 aliphatic rings. The van der Waals surface area contributed by atoms with Gasteiger partial charge in [-0.15, -0.1) is 0 Å². The van der Waals surface area contributed by atoms with Gasteiger partial charge < -0.3 is 20.1 Å². The SMILES string of the molecule is CC/C=C\C/C=C\C/C=C\C/C=C\C/C=C\C/C=C\C/C=C\C/C=C\C/C=C\CCCCCCCCCCCC(=O)OC(COC(=O)CCCCCCC/C=C\CCCCCCC)COP(=O)(O)OCCN. The predicted octanol–water partition coefficient (Wildman–Crippen LogP) is 18.0. The maximum Gasteiger partial charge on any atom is 0.472 e. The molecule has 0 aromatic carbocycles. The first-order chi connectivity index (χ1) is 35.3. The van der Waals surface area contributed by atoms with Crippen molar-refractivity contribution in [2.24, 2.45) is 5.73 Å². The number of ether oxygens (including phenoxy) is 2. The highest BCUT2D eigenvalue weighted by molar-refractivity contribution is 7.47. The van der Waals surface area contributed by atoms with Crippen LogP contribution in [0.4, 0.5) is 0 Å². The van der Waals surface area contributed by atoms with Crippen molar-refractivity contribution in [3.05, 3.63) is 122 Å². The lowest BCUT2D eigenvalue weighted by Crippen LogP contribution is -2.29. The Morgan fingerprint density at radius 3 is 1.15 bits per heavy atom. The molecule has 2 unspecified atom stereocenters. The summed E-state index contributed by atoms with van der Waals surface area (Å²) in [5.41, 5.74) is 5.37. The number of phosphoric ester groups is 1. The number of carbonyl (C=O) groups excluding carboxylic acids is 2. The minimum Gasteiger partial charge on any atom is -0.462 e. The van der Waals surface area contributed by atoms with E-state index in [1.165, 1.54) is 70.6 Å². The Balaban J connectivity index is 3.99. The lowest BCUT2D eigenvalue weighted by atomic mass is 10.1. The summed E-state index contributed by atoms with van der Waals surface area (Å²) >= 11 is 0. The molecule has 410 valence electrons. The van der Waals surface area contributed by atoms with Gasteiger partial charge >= 0.3 is 19.8 Å². The average Bonchev–Trinajstić information content (AvgIpc) is 3.37. The van der Waals surface area contributed by atoms with E-state index in [0.717, 1.165) is 122 Å². The fraction of sp³-hybridized carbons (Fsp3) is 0.645. The second-order valence-corrected chi connectivity index (χ2v) is 19.9. The van der Waals surface area contributed by atoms with E-state index in [0.29, 0.717) is 6.42 Å². The zero-order valence-corrected chi connectivity index (χ0v) is 46.5. The molecule has 3 N–H and O–H groups in total. The molecule has 2 atom stereocenters. The van der Waals surface area contributed by atoms with Crippen LogP contribution >= 0.6 is 7.82 Å². The van der Waals surface area contributed by atoms with E-state index >= 15 is 0 Å². The lowest BCUT2D eigenvalue weighted by molar-refractivity contribution is -0.161. The predicted molar refractivity (Wildman–Crippen MR) is 307 cm³/mol. The van der Waals surface area contributed by atoms with Gasteiger partial charge in [-0.25, -0.2) is 4.57 Å². The van der Waals surface area contributed by atoms with E-state index in [4.69, 9.17) is 24.3 Å². The van der Waals surface area contributed by atoms with E-state index in [1.807, 2.05) is 0 Å². The molecular formula is C62H104NO8P. The van der Waals surface area contributed by atoms with Crippen molar-refractivity contribution >= 4 is 19.8 Å². The molecule has 0 aliphatic heterocycles. The molecule has 0 saturated heterocycles. The average molecular weight is 1020 g/mol. The van der Waals surface area contributed by atoms with Gasteiger partial charge in [0.05, 0.1) is 13.2 Å². The Morgan fingerprint density at radius 1 is 0.431 bits per heavy atom. The molecule has 72 heavy (non-hydrogen) atoms. The van der Waals surface area contributed by atoms with Gasteiger partial charge in [0.25, 0.3) is 0 Å². The maximum absolute atomic E-state index is 12.7. The normalized spacial score (nSPS) is 14.0. The third-order valence-electron chi connectivity index (χ3n) is 11.6. The highest BCUT2D eigenvalue weighted by atomic mass is 31.2. The van der Waals surface area contributed by atoms with E-state index in [-0.39, 0.29) is 32.6 Å². The first-order valence-electron chi connectivity index (χ1n) is 28.5. The number of allylic oxidation sites excluding steroid dienone is 20. The zero-order chi connectivity index (χ0) is 52.4. The van der Waals surface area contributed by atoms with Crippen molar-refractivity contribution in [2.45, 2.75) is 232 Å². The second-order valence-electron chi connectivity index (χ2n) is 18.4. The number of hydrogen-bond acceptors (Lipinski definition) is 8. The number of esters is 2. The quantitative estimate of drug-likeness (QED) is 0.0264. The molecule has 9 nitrogen and oxygen atoms in total. The molecule has 0 heterocycles. The van der Waals surface area contributed by atoms with Crippen LogP contribution in [0.1, 0.15) is 226 Å². The van der Waals surface area contributed by atoms with Crippen molar-refractivity contribution < 1.29 is 37.6 Å². The van der Waals surface area contributed by atoms with E-state index in [9.17, 15) is 19.0 Å². The van der Waals surface area contributed by atoms with Gasteiger partial charge in [-0.05, 0) is 109 Å². The van der Waals surface area contributed by atoms with Crippen LogP contribution in [0, 0.1) is 0 Å². The van der Waals surface area contributed by atoms with Crippen molar-refractivity contribution in [1.29, 1.82) is 0 Å². The van der Waals surface area contributed by atoms with Gasteiger partial charge in [0, 0.05) is 19.4 Å². The Labute approximate surface area is 441 Å². The lowest BCUT2D eigenvalue weighted by Gasteiger charge is -2.19. The van der Waals surface area contributed by atoms with Crippen LogP contribution < -0.4 is 5.73 Å². The maximum atomic E-state index is 12.7. The molecule has 0 amide bonds. The fourth-order valence-electron chi connectivity index (χ4n) is 7.39. The highest BCUT2D eigenvalue weighted by Crippen LogP contribution is 2.43. The Kier molecular flexibility index (Phi) is 53.9. The minimum absolute atomic E-state index is 0.0460. The van der Waals surface area contributed by atoms with Crippen LogP contribution in [0.25, 0.3) is 0 Å². The Morgan fingerprint density at radius 2 is 0.764 bits per heavy atom. The van der Waals surface area contributed by atoms with Gasteiger partial charge in [0.1, 0.15) is 6.61 Å². The van der Waals surface area contributed by atoms with Crippen molar-refractivity contribution in [1.82, 2.24) is 0 Å². The van der Waals surface area contributed by atoms with Crippen molar-refractivity contribution in [3.63, 3.8) is 0 Å². The summed E-state index contributed by atoms with van der Waals surface area (Å²) in [6, 6.07) is 0. The number of carbonyl (C=O) groups is 2. The molecule has 0 fully saturated rings. The van der Waals surface area contributed by atoms with Gasteiger partial charge in [-0.2, -0.15) is 0 Å². The third-order valence-corrected chi connectivity index (χ3v) is 12.6. The number of phosphoric acid groups is 1. The summed E-state index contributed by atoms with van der Waals surface area (Å²) in [6.07, 6.45) is 78.2. The van der Waals surface area contributed by atoms with Crippen molar-refractivity contribution in [3.8, 4) is 0 Å². The molecule has 0 spiro atoms. The largest absolute Gasteiger partial charge is 0.472 e. The van der Waals surface area contributed by atoms with Crippen LogP contribution in [-0.2, 0) is 32.7 Å². The summed E-state index contributed by atoms with van der Waals surface area (Å²) in [4.78, 5) is 35.1. The summed E-state index contributed by atoms with van der Waals surface area (Å²) in [5, 5.41) is 0. The highest BCUT2D eigenvalue weighted by Gasteiger charge is 2.26. The van der Waals surface area contributed by atoms with Crippen LogP contribution in [0.3, 0.4) is 0 Å². The summed E-state index contributed by atoms with van der Waals surface area (Å²) in [7, 11) is -4.39. The van der Waals surface area contributed by atoms with Crippen LogP contribution in [0.5, 0.6) is 0 Å². The molecular weight excluding hydrogens is 918 g/mol.